The first-order chi connectivity index (χ1) is 60.1. The number of benzene rings is 13. The molecule has 28 heteroatoms. The third kappa shape index (κ3) is 18.5. The van der Waals surface area contributed by atoms with E-state index < -0.39 is 76.8 Å². The summed E-state index contributed by atoms with van der Waals surface area (Å²) in [5.74, 6) is -9.88. The zero-order valence-corrected chi connectivity index (χ0v) is 70.4. The average molecular weight is 1810 g/mol. The first kappa shape index (κ1) is 85.3. The zero-order chi connectivity index (χ0) is 87.7. The van der Waals surface area contributed by atoms with E-state index in [2.05, 4.69) is 0 Å². The van der Waals surface area contributed by atoms with Gasteiger partial charge in [0.25, 0.3) is 0 Å². The van der Waals surface area contributed by atoms with Crippen LogP contribution in [0.4, 0.5) is 0 Å². The van der Waals surface area contributed by atoms with Crippen molar-refractivity contribution in [3.63, 3.8) is 0 Å². The van der Waals surface area contributed by atoms with Crippen LogP contribution in [0.15, 0.2) is 267 Å². The van der Waals surface area contributed by atoms with Crippen molar-refractivity contribution in [3.05, 3.63) is 397 Å². The van der Waals surface area contributed by atoms with Gasteiger partial charge in [-0.25, -0.2) is 43.2 Å². The molecule has 4 aliphatic rings. The molecule has 21 nitrogen and oxygen atoms in total. The molecule has 0 aromatic heterocycles. The van der Waals surface area contributed by atoms with Gasteiger partial charge in [-0.2, -0.15) is 0 Å². The highest BCUT2D eigenvalue weighted by Gasteiger charge is 2.57. The minimum atomic E-state index is -1.56. The molecule has 0 unspecified atom stereocenters. The Balaban J connectivity index is 0.000000186. The van der Waals surface area contributed by atoms with Gasteiger partial charge >= 0.3 is 53.7 Å². The summed E-state index contributed by atoms with van der Waals surface area (Å²) < 4.78 is 66.5. The smallest absolute Gasteiger partial charge is 0.343 e. The number of carbonyl (C=O) groups excluding carboxylic acids is 9. The van der Waals surface area contributed by atoms with E-state index in [4.69, 9.17) is 133 Å². The second kappa shape index (κ2) is 35.9. The monoisotopic (exact) mass is 1810 g/mol. The van der Waals surface area contributed by atoms with Crippen molar-refractivity contribution < 1.29 is 100 Å². The molecule has 0 amide bonds. The van der Waals surface area contributed by atoms with E-state index in [9.17, 15) is 48.3 Å². The molecule has 2 heterocycles. The van der Waals surface area contributed by atoms with Gasteiger partial charge in [-0.1, -0.05) is 129 Å². The van der Waals surface area contributed by atoms with Gasteiger partial charge in [0.2, 0.25) is 11.5 Å². The van der Waals surface area contributed by atoms with Gasteiger partial charge in [-0.05, 0) is 267 Å². The van der Waals surface area contributed by atoms with Crippen molar-refractivity contribution in [1.29, 1.82) is 0 Å². The maximum atomic E-state index is 14.1. The maximum Gasteiger partial charge on any atom is 0.343 e. The predicted molar refractivity (Wildman–Crippen MR) is 463 cm³/mol. The van der Waals surface area contributed by atoms with Crippen molar-refractivity contribution in [2.45, 2.75) is 49.7 Å². The molecule has 0 spiro atoms. The summed E-state index contributed by atoms with van der Waals surface area (Å²) in [5, 5.41) is 15.0. The molecule has 13 aromatic carbocycles. The molecule has 0 saturated heterocycles. The van der Waals surface area contributed by atoms with E-state index in [-0.39, 0.29) is 134 Å². The third-order valence-electron chi connectivity index (χ3n) is 20.9. The minimum absolute atomic E-state index is 0.000533. The Bertz CT molecular complexity index is 6490. The molecular formula is C97H61Cl7O21. The number of hydrogen-bond acceptors (Lipinski definition) is 21. The van der Waals surface area contributed by atoms with Crippen LogP contribution in [0.25, 0.3) is 0 Å². The second-order valence-electron chi connectivity index (χ2n) is 29.4. The number of hydrogen-bond donors (Lipinski definition) is 1. The Labute approximate surface area is 747 Å². The lowest BCUT2D eigenvalue weighted by Gasteiger charge is -2.40. The lowest BCUT2D eigenvalue weighted by molar-refractivity contribution is -0.0528. The fraction of sp³-hybridized carbons (Fsp3) is 0.103. The minimum Gasteiger partial charge on any atom is -0.486 e. The zero-order valence-electron chi connectivity index (χ0n) is 65.1. The molecule has 2 aliphatic heterocycles. The predicted octanol–water partition coefficient (Wildman–Crippen LogP) is 21.8. The van der Waals surface area contributed by atoms with Gasteiger partial charge in [0, 0.05) is 65.0 Å². The molecule has 13 aromatic rings. The van der Waals surface area contributed by atoms with Crippen LogP contribution >= 0.6 is 81.2 Å². The van der Waals surface area contributed by atoms with Gasteiger partial charge in [0.15, 0.2) is 51.6 Å². The summed E-state index contributed by atoms with van der Waals surface area (Å²) in [6, 6.07) is 67.9. The molecule has 17 rings (SSSR count). The van der Waals surface area contributed by atoms with E-state index in [0.717, 1.165) is 11.1 Å². The molecule has 624 valence electrons. The Hall–Kier alpha value is -13.3. The summed E-state index contributed by atoms with van der Waals surface area (Å²) in [4.78, 5) is 123. The topological polar surface area (TPSA) is 275 Å². The SMILES string of the molecule is Cc1ccc(C(=O)Oc2cc3c(cc2OC(=O)c2ccc(Cl)cc2)[C@@H]2c4ccc(OC(=O)c5ccc(Cl)cc5)c(OC(=O)c5ccc(Cl)cc5)c4OC[C@]2(O)C3)cc1.Cc1ccc(C(=O)Oc2cc3c(cc2OC(=O)c2ccc(Cl)cc2)[C@@H]2c4ccc(OC(=O)c5ccc(Cl)cc5)c(OC(=O)c5ccc(Cl)cc5)c4OC[C@]2(OC(=O)c2ccc(Cl)cc2)C3)cc1. The van der Waals surface area contributed by atoms with Gasteiger partial charge in [0.1, 0.15) is 18.8 Å². The highest BCUT2D eigenvalue weighted by atomic mass is 35.5. The number of halogens is 7. The summed E-state index contributed by atoms with van der Waals surface area (Å²) >= 11 is 42.6. The Kier molecular flexibility index (Phi) is 24.5. The van der Waals surface area contributed by atoms with Crippen molar-refractivity contribution in [3.8, 4) is 57.5 Å². The molecule has 0 saturated carbocycles. The highest BCUT2D eigenvalue weighted by molar-refractivity contribution is 6.32. The third-order valence-corrected chi connectivity index (χ3v) is 22.6. The number of ether oxygens (including phenoxy) is 11. The number of carbonyl (C=O) groups is 9. The highest BCUT2D eigenvalue weighted by Crippen LogP contribution is 2.60. The number of esters is 9. The number of rotatable bonds is 18. The van der Waals surface area contributed by atoms with E-state index in [1.165, 1.54) is 182 Å². The lowest BCUT2D eigenvalue weighted by Crippen LogP contribution is -2.48. The van der Waals surface area contributed by atoms with E-state index >= 15 is 0 Å². The molecule has 4 atom stereocenters. The van der Waals surface area contributed by atoms with Crippen LogP contribution in [0.1, 0.15) is 150 Å². The molecule has 125 heavy (non-hydrogen) atoms. The normalized spacial score (nSPS) is 15.8. The van der Waals surface area contributed by atoms with Gasteiger partial charge in [-0.3, -0.25) is 0 Å². The summed E-state index contributed by atoms with van der Waals surface area (Å²) in [6.07, 6.45) is 0.0413. The van der Waals surface area contributed by atoms with Crippen molar-refractivity contribution >= 4 is 135 Å². The summed E-state index contributed by atoms with van der Waals surface area (Å²) in [7, 11) is 0. The standard InChI is InChI=1S/C52H32Cl4O11.C45H29Cl3O10/c1-28-2-4-29(5-3-28)48(58)64-42-24-34-26-52(67-51(61)33-12-20-38(56)21-13-33)27-62-45-39(44(52)40(34)25-43(42)65-49(59)31-8-16-36(54)17-9-31)22-23-41(63-47(57)30-6-14-35(53)15-7-30)46(45)66-50(60)32-10-18-37(55)19-11-32;1-24-2-4-25(5-3-24)42(50)56-36-20-29-22-45(53)23-54-39-33(38(45)34(29)21-37(36)57-43(51)27-8-14-31(47)15-9-27)18-19-35(55-41(49)26-6-12-30(46)13-7-26)40(39)58-44(52)28-10-16-32(48)17-11-28/h2-25,44H,26-27H2,1H3;2-21,38,53H,22-23H2,1H3/t44-,52+;38-,45+/m00/s1. The molecule has 0 fully saturated rings. The quantitative estimate of drug-likeness (QED) is 0.0617. The first-order valence-corrected chi connectivity index (χ1v) is 40.8. The average Bonchev–Trinajstić information content (AvgIpc) is 1.56. The van der Waals surface area contributed by atoms with Crippen LogP contribution in [-0.2, 0) is 17.6 Å². The van der Waals surface area contributed by atoms with Crippen molar-refractivity contribution in [2.75, 3.05) is 13.2 Å². The van der Waals surface area contributed by atoms with E-state index in [1.54, 1.807) is 84.9 Å². The second-order valence-corrected chi connectivity index (χ2v) is 32.4. The van der Waals surface area contributed by atoms with Crippen LogP contribution in [0, 0.1) is 13.8 Å². The molecule has 2 aliphatic carbocycles. The summed E-state index contributed by atoms with van der Waals surface area (Å²) in [5.41, 5.74) is 3.18. The number of aryl methyl sites for hydroxylation is 2. The van der Waals surface area contributed by atoms with E-state index in [1.807, 2.05) is 13.8 Å². The van der Waals surface area contributed by atoms with Crippen molar-refractivity contribution in [1.82, 2.24) is 0 Å². The van der Waals surface area contributed by atoms with Crippen LogP contribution in [0.5, 0.6) is 57.5 Å². The fourth-order valence-electron chi connectivity index (χ4n) is 14.7. The molecule has 0 bridgehead atoms. The van der Waals surface area contributed by atoms with Crippen LogP contribution in [0.3, 0.4) is 0 Å². The van der Waals surface area contributed by atoms with Crippen LogP contribution in [0.2, 0.25) is 35.2 Å². The van der Waals surface area contributed by atoms with E-state index in [0.29, 0.717) is 68.5 Å². The largest absolute Gasteiger partial charge is 0.486 e. The fourth-order valence-corrected chi connectivity index (χ4v) is 15.6. The Morgan fingerprint density at radius 3 is 0.848 bits per heavy atom. The molecule has 0 radical (unpaired) electrons. The summed E-state index contributed by atoms with van der Waals surface area (Å²) in [6.45, 7) is 3.13. The van der Waals surface area contributed by atoms with Gasteiger partial charge in [-0.15, -0.1) is 0 Å². The molecule has 1 N–H and O–H groups in total. The number of aliphatic hydroxyl groups is 1. The lowest BCUT2D eigenvalue weighted by atomic mass is 9.80. The van der Waals surface area contributed by atoms with Crippen LogP contribution < -0.4 is 47.4 Å². The van der Waals surface area contributed by atoms with Gasteiger partial charge in [0.05, 0.1) is 56.0 Å². The van der Waals surface area contributed by atoms with Crippen LogP contribution in [-0.4, -0.2) is 83.2 Å². The Morgan fingerprint density at radius 1 is 0.280 bits per heavy atom. The van der Waals surface area contributed by atoms with Crippen molar-refractivity contribution in [2.24, 2.45) is 0 Å². The molecular weight excluding hydrogens is 1750 g/mol. The first-order valence-electron chi connectivity index (χ1n) is 38.2. The maximum absolute atomic E-state index is 14.1. The Morgan fingerprint density at radius 2 is 0.528 bits per heavy atom. The van der Waals surface area contributed by atoms with Gasteiger partial charge < -0.3 is 57.2 Å². The number of fused-ring (bicyclic) bond motifs is 10.